The van der Waals surface area contributed by atoms with Crippen molar-refractivity contribution < 1.29 is 18.0 Å². The number of alkyl halides is 3. The molecule has 0 spiro atoms. The first-order valence-electron chi connectivity index (χ1n) is 7.60. The third kappa shape index (κ3) is 3.90. The van der Waals surface area contributed by atoms with Crippen LogP contribution in [0.5, 0.6) is 0 Å². The summed E-state index contributed by atoms with van der Waals surface area (Å²) < 4.78 is 40.4. The number of carbonyl (C=O) groups is 1. The molecule has 0 bridgehead atoms. The highest BCUT2D eigenvalue weighted by atomic mass is 19.4. The molecule has 3 aromatic rings. The van der Waals surface area contributed by atoms with Gasteiger partial charge >= 0.3 is 6.18 Å². The van der Waals surface area contributed by atoms with E-state index in [1.165, 1.54) is 18.1 Å². The van der Waals surface area contributed by atoms with E-state index in [9.17, 15) is 18.0 Å². The van der Waals surface area contributed by atoms with Crippen LogP contribution in [-0.4, -0.2) is 30.5 Å². The van der Waals surface area contributed by atoms with Gasteiger partial charge in [0.25, 0.3) is 5.91 Å². The molecule has 0 aliphatic rings. The van der Waals surface area contributed by atoms with Gasteiger partial charge in [-0.2, -0.15) is 18.3 Å². The number of aryl methyl sites for hydroxylation is 2. The summed E-state index contributed by atoms with van der Waals surface area (Å²) in [6.07, 6.45) is -3.19. The molecule has 0 saturated heterocycles. The molecule has 7 nitrogen and oxygen atoms in total. The normalized spacial score (nSPS) is 11.6. The molecule has 10 heteroatoms. The Kier molecular flexibility index (Phi) is 4.49. The Morgan fingerprint density at radius 2 is 2.00 bits per heavy atom. The second-order valence-corrected chi connectivity index (χ2v) is 5.75. The number of amides is 1. The second-order valence-electron chi connectivity index (χ2n) is 5.75. The zero-order valence-electron chi connectivity index (χ0n) is 13.9. The number of halogens is 3. The highest BCUT2D eigenvalue weighted by Gasteiger charge is 2.35. The van der Waals surface area contributed by atoms with Gasteiger partial charge in [-0.1, -0.05) is 29.8 Å². The number of nitrogens with zero attached hydrogens (tertiary/aromatic N) is 5. The first-order valence-corrected chi connectivity index (χ1v) is 7.60. The number of anilines is 1. The minimum atomic E-state index is -4.62. The summed E-state index contributed by atoms with van der Waals surface area (Å²) in [5, 5.41) is 9.78. The quantitative estimate of drug-likeness (QED) is 0.772. The summed E-state index contributed by atoms with van der Waals surface area (Å²) in [7, 11) is 1.26. The molecular formula is C16H15F3N6O. The molecule has 1 aromatic carbocycles. The summed E-state index contributed by atoms with van der Waals surface area (Å²) in [5.41, 5.74) is 0.734. The van der Waals surface area contributed by atoms with Crippen LogP contribution in [0.15, 0.2) is 36.7 Å². The van der Waals surface area contributed by atoms with E-state index >= 15 is 0 Å². The predicted octanol–water partition coefficient (Wildman–Crippen LogP) is 2.64. The van der Waals surface area contributed by atoms with Crippen molar-refractivity contribution in [2.45, 2.75) is 19.6 Å². The largest absolute Gasteiger partial charge is 0.435 e. The Labute approximate surface area is 146 Å². The number of rotatable bonds is 4. The summed E-state index contributed by atoms with van der Waals surface area (Å²) in [6, 6.07) is 8.50. The first-order chi connectivity index (χ1) is 12.2. The van der Waals surface area contributed by atoms with Crippen molar-refractivity contribution in [1.29, 1.82) is 0 Å². The summed E-state index contributed by atoms with van der Waals surface area (Å²) in [4.78, 5) is 16.1. The van der Waals surface area contributed by atoms with E-state index < -0.39 is 17.8 Å². The highest BCUT2D eigenvalue weighted by Crippen LogP contribution is 2.28. The van der Waals surface area contributed by atoms with Crippen molar-refractivity contribution >= 4 is 11.9 Å². The number of benzene rings is 1. The molecule has 1 N–H and O–H groups in total. The van der Waals surface area contributed by atoms with Crippen molar-refractivity contribution in [1.82, 2.24) is 24.5 Å². The van der Waals surface area contributed by atoms with E-state index in [4.69, 9.17) is 0 Å². The Hall–Kier alpha value is -3.17. The van der Waals surface area contributed by atoms with Crippen LogP contribution in [0.25, 0.3) is 0 Å². The maximum absolute atomic E-state index is 12.7. The monoisotopic (exact) mass is 364 g/mol. The fourth-order valence-corrected chi connectivity index (χ4v) is 2.41. The fraction of sp³-hybridized carbons (Fsp3) is 0.250. The molecule has 3 rings (SSSR count). The maximum atomic E-state index is 12.7. The molecule has 2 heterocycles. The topological polar surface area (TPSA) is 77.6 Å². The molecule has 0 radical (unpaired) electrons. The van der Waals surface area contributed by atoms with Gasteiger partial charge in [0.15, 0.2) is 5.69 Å². The Bertz CT molecular complexity index is 944. The zero-order valence-corrected chi connectivity index (χ0v) is 13.9. The molecule has 0 aliphatic heterocycles. The van der Waals surface area contributed by atoms with E-state index in [2.05, 4.69) is 20.5 Å². The SMILES string of the molecule is Cc1cccc(Cn2cnc(NC(=O)c3cc(C(F)(F)F)nn3C)n2)c1. The predicted molar refractivity (Wildman–Crippen MR) is 86.5 cm³/mol. The number of aromatic nitrogens is 5. The first kappa shape index (κ1) is 17.6. The molecule has 0 fully saturated rings. The average molecular weight is 364 g/mol. The highest BCUT2D eigenvalue weighted by molar-refractivity contribution is 6.02. The maximum Gasteiger partial charge on any atom is 0.435 e. The molecule has 0 atom stereocenters. The lowest BCUT2D eigenvalue weighted by Crippen LogP contribution is -2.17. The van der Waals surface area contributed by atoms with Gasteiger partial charge in [-0.3, -0.25) is 14.8 Å². The molecule has 136 valence electrons. The molecule has 26 heavy (non-hydrogen) atoms. The third-order valence-corrected chi connectivity index (χ3v) is 3.59. The third-order valence-electron chi connectivity index (χ3n) is 3.59. The zero-order chi connectivity index (χ0) is 18.9. The van der Waals surface area contributed by atoms with Crippen molar-refractivity contribution in [2.24, 2.45) is 7.05 Å². The van der Waals surface area contributed by atoms with E-state index in [-0.39, 0.29) is 11.6 Å². The minimum absolute atomic E-state index is 0.00240. The van der Waals surface area contributed by atoms with E-state index in [0.717, 1.165) is 15.8 Å². The van der Waals surface area contributed by atoms with Gasteiger partial charge in [-0.25, -0.2) is 9.67 Å². The molecular weight excluding hydrogens is 349 g/mol. The Morgan fingerprint density at radius 1 is 1.23 bits per heavy atom. The molecule has 0 aliphatic carbocycles. The molecule has 0 saturated carbocycles. The number of hydrogen-bond donors (Lipinski definition) is 1. The summed E-state index contributed by atoms with van der Waals surface area (Å²) in [6.45, 7) is 2.42. The van der Waals surface area contributed by atoms with Gasteiger partial charge in [-0.05, 0) is 12.5 Å². The lowest BCUT2D eigenvalue weighted by Gasteiger charge is -2.03. The van der Waals surface area contributed by atoms with Crippen LogP contribution in [0.4, 0.5) is 19.1 Å². The lowest BCUT2D eigenvalue weighted by molar-refractivity contribution is -0.141. The summed E-state index contributed by atoms with van der Waals surface area (Å²) in [5.74, 6) is -0.777. The second kappa shape index (κ2) is 6.62. The van der Waals surface area contributed by atoms with Crippen molar-refractivity contribution in [3.8, 4) is 0 Å². The van der Waals surface area contributed by atoms with Gasteiger partial charge in [0.2, 0.25) is 5.95 Å². The Balaban J connectivity index is 1.71. The number of carbonyl (C=O) groups excluding carboxylic acids is 1. The summed E-state index contributed by atoms with van der Waals surface area (Å²) >= 11 is 0. The van der Waals surface area contributed by atoms with Crippen molar-refractivity contribution in [3.63, 3.8) is 0 Å². The minimum Gasteiger partial charge on any atom is -0.288 e. The fourth-order valence-electron chi connectivity index (χ4n) is 2.41. The van der Waals surface area contributed by atoms with E-state index in [0.29, 0.717) is 12.6 Å². The van der Waals surface area contributed by atoms with E-state index in [1.54, 1.807) is 0 Å². The lowest BCUT2D eigenvalue weighted by atomic mass is 10.1. The number of nitrogens with one attached hydrogen (secondary N) is 1. The van der Waals surface area contributed by atoms with Crippen molar-refractivity contribution in [3.05, 3.63) is 59.2 Å². The van der Waals surface area contributed by atoms with Crippen LogP contribution in [0.3, 0.4) is 0 Å². The van der Waals surface area contributed by atoms with Gasteiger partial charge in [-0.15, -0.1) is 5.10 Å². The van der Waals surface area contributed by atoms with Crippen LogP contribution in [-0.2, 0) is 19.8 Å². The van der Waals surface area contributed by atoms with Gasteiger partial charge in [0, 0.05) is 13.1 Å². The average Bonchev–Trinajstić information content (AvgIpc) is 3.13. The molecule has 0 unspecified atom stereocenters. The smallest absolute Gasteiger partial charge is 0.288 e. The van der Waals surface area contributed by atoms with Crippen LogP contribution in [0.2, 0.25) is 0 Å². The van der Waals surface area contributed by atoms with Gasteiger partial charge in [0.1, 0.15) is 12.0 Å². The van der Waals surface area contributed by atoms with Crippen LogP contribution in [0, 0.1) is 6.92 Å². The molecule has 2 aromatic heterocycles. The van der Waals surface area contributed by atoms with Gasteiger partial charge < -0.3 is 0 Å². The van der Waals surface area contributed by atoms with Crippen LogP contribution in [0.1, 0.15) is 27.3 Å². The van der Waals surface area contributed by atoms with Crippen molar-refractivity contribution in [2.75, 3.05) is 5.32 Å². The van der Waals surface area contributed by atoms with E-state index in [1.807, 2.05) is 31.2 Å². The number of hydrogen-bond acceptors (Lipinski definition) is 4. The van der Waals surface area contributed by atoms with Crippen LogP contribution >= 0.6 is 0 Å². The van der Waals surface area contributed by atoms with Crippen LogP contribution < -0.4 is 5.32 Å². The standard InChI is InChI=1S/C16H15F3N6O/c1-10-4-3-5-11(6-10)8-25-9-20-15(23-25)21-14(26)12-7-13(16(17,18)19)22-24(12)2/h3-7,9H,8H2,1-2H3,(H,21,23,26). The Morgan fingerprint density at radius 3 is 2.65 bits per heavy atom. The van der Waals surface area contributed by atoms with Gasteiger partial charge in [0.05, 0.1) is 6.54 Å². The molecule has 1 amide bonds.